The first kappa shape index (κ1) is 13.0. The van der Waals surface area contributed by atoms with Gasteiger partial charge in [-0.1, -0.05) is 30.3 Å². The van der Waals surface area contributed by atoms with Crippen molar-refractivity contribution in [3.63, 3.8) is 0 Å². The van der Waals surface area contributed by atoms with Gasteiger partial charge in [-0.3, -0.25) is 10.2 Å². The van der Waals surface area contributed by atoms with Gasteiger partial charge >= 0.3 is 5.97 Å². The molecule has 19 heavy (non-hydrogen) atoms. The summed E-state index contributed by atoms with van der Waals surface area (Å²) >= 11 is 0. The molecule has 0 amide bonds. The van der Waals surface area contributed by atoms with Crippen molar-refractivity contribution in [3.05, 3.63) is 42.0 Å². The monoisotopic (exact) mass is 258 g/mol. The molecule has 1 heterocycles. The Hall–Kier alpha value is -2.43. The van der Waals surface area contributed by atoms with Gasteiger partial charge in [-0.25, -0.2) is 4.79 Å². The largest absolute Gasteiger partial charge is 0.464 e. The number of ether oxygens (including phenoxy) is 1. The van der Waals surface area contributed by atoms with Crippen LogP contribution in [0.4, 0.5) is 0 Å². The first-order valence-electron chi connectivity index (χ1n) is 5.98. The Bertz CT molecular complexity index is 535. The minimum atomic E-state index is -1.07. The molecular weight excluding hydrogens is 244 g/mol. The average Bonchev–Trinajstić information content (AvgIpc) is 2.62. The lowest BCUT2D eigenvalue weighted by Crippen LogP contribution is -2.40. The van der Waals surface area contributed by atoms with Crippen molar-refractivity contribution in [3.8, 4) is 0 Å². The van der Waals surface area contributed by atoms with E-state index < -0.39 is 12.0 Å². The summed E-state index contributed by atoms with van der Waals surface area (Å²) in [6.07, 6.45) is 2.92. The van der Waals surface area contributed by atoms with Gasteiger partial charge in [-0.2, -0.15) is 5.10 Å². The Morgan fingerprint density at radius 2 is 2.11 bits per heavy atom. The van der Waals surface area contributed by atoms with Gasteiger partial charge in [0, 0.05) is 5.57 Å². The zero-order valence-electron chi connectivity index (χ0n) is 10.5. The number of benzene rings is 1. The number of ketones is 1. The number of nitrogens with zero attached hydrogens (tertiary/aromatic N) is 1. The van der Waals surface area contributed by atoms with E-state index >= 15 is 0 Å². The van der Waals surface area contributed by atoms with Crippen LogP contribution in [-0.4, -0.2) is 30.6 Å². The fraction of sp³-hybridized carbons (Fsp3) is 0.214. The molecule has 2 rings (SSSR count). The molecule has 1 atom stereocenters. The molecule has 5 nitrogen and oxygen atoms in total. The van der Waals surface area contributed by atoms with Crippen LogP contribution < -0.4 is 5.43 Å². The SMILES string of the molecule is CCOC(=O)C1NN=CC(c2ccccc2)=CC1=O. The molecule has 0 saturated heterocycles. The quantitative estimate of drug-likeness (QED) is 0.652. The molecule has 1 aromatic rings. The molecule has 1 aromatic carbocycles. The molecule has 0 aromatic heterocycles. The molecule has 0 fully saturated rings. The third kappa shape index (κ3) is 3.07. The van der Waals surface area contributed by atoms with Crippen molar-refractivity contribution < 1.29 is 14.3 Å². The number of hydrazone groups is 1. The standard InChI is InChI=1S/C14H14N2O3/c1-2-19-14(18)13-12(17)8-11(9-15-16-13)10-6-4-3-5-7-10/h3-9,13,16H,2H2,1H3. The number of allylic oxidation sites excluding steroid dienone is 1. The van der Waals surface area contributed by atoms with Crippen LogP contribution in [0.1, 0.15) is 12.5 Å². The molecule has 98 valence electrons. The topological polar surface area (TPSA) is 67.8 Å². The van der Waals surface area contributed by atoms with Gasteiger partial charge in [-0.15, -0.1) is 0 Å². The number of hydrogen-bond acceptors (Lipinski definition) is 5. The van der Waals surface area contributed by atoms with E-state index in [1.807, 2.05) is 30.3 Å². The van der Waals surface area contributed by atoms with Crippen molar-refractivity contribution in [2.45, 2.75) is 13.0 Å². The second-order valence-electron chi connectivity index (χ2n) is 3.94. The highest BCUT2D eigenvalue weighted by Gasteiger charge is 2.27. The third-order valence-electron chi connectivity index (χ3n) is 2.62. The normalized spacial score (nSPS) is 18.3. The van der Waals surface area contributed by atoms with Crippen LogP contribution in [0.25, 0.3) is 5.57 Å². The van der Waals surface area contributed by atoms with E-state index in [0.717, 1.165) is 5.56 Å². The predicted octanol–water partition coefficient (Wildman–Crippen LogP) is 1.16. The first-order valence-corrected chi connectivity index (χ1v) is 5.98. The Morgan fingerprint density at radius 1 is 1.37 bits per heavy atom. The number of nitrogens with one attached hydrogen (secondary N) is 1. The summed E-state index contributed by atoms with van der Waals surface area (Å²) in [4.78, 5) is 23.6. The van der Waals surface area contributed by atoms with Crippen molar-refractivity contribution in [1.82, 2.24) is 5.43 Å². The summed E-state index contributed by atoms with van der Waals surface area (Å²) < 4.78 is 4.82. The molecule has 1 unspecified atom stereocenters. The van der Waals surface area contributed by atoms with E-state index in [9.17, 15) is 9.59 Å². The lowest BCUT2D eigenvalue weighted by atomic mass is 10.0. The van der Waals surface area contributed by atoms with E-state index in [1.165, 1.54) is 12.3 Å². The number of esters is 1. The summed E-state index contributed by atoms with van der Waals surface area (Å²) in [5, 5.41) is 3.90. The summed E-state index contributed by atoms with van der Waals surface area (Å²) in [6.45, 7) is 1.91. The van der Waals surface area contributed by atoms with E-state index in [1.54, 1.807) is 6.92 Å². The number of carbonyl (C=O) groups is 2. The predicted molar refractivity (Wildman–Crippen MR) is 71.5 cm³/mol. The summed E-state index contributed by atoms with van der Waals surface area (Å²) in [7, 11) is 0. The van der Waals surface area contributed by atoms with Crippen molar-refractivity contribution in [2.24, 2.45) is 5.10 Å². The van der Waals surface area contributed by atoms with Crippen LogP contribution in [0.5, 0.6) is 0 Å². The Balaban J connectivity index is 2.24. The maximum atomic E-state index is 12.0. The highest BCUT2D eigenvalue weighted by atomic mass is 16.5. The zero-order valence-corrected chi connectivity index (χ0v) is 10.5. The molecule has 1 aliphatic heterocycles. The first-order chi connectivity index (χ1) is 9.22. The van der Waals surface area contributed by atoms with Gasteiger partial charge < -0.3 is 4.74 Å². The van der Waals surface area contributed by atoms with E-state index in [-0.39, 0.29) is 12.4 Å². The van der Waals surface area contributed by atoms with Crippen LogP contribution in [-0.2, 0) is 14.3 Å². The maximum Gasteiger partial charge on any atom is 0.338 e. The molecule has 1 aliphatic rings. The molecule has 0 bridgehead atoms. The van der Waals surface area contributed by atoms with Gasteiger partial charge in [0.2, 0.25) is 6.04 Å². The van der Waals surface area contributed by atoms with Crippen molar-refractivity contribution in [2.75, 3.05) is 6.61 Å². The van der Waals surface area contributed by atoms with Gasteiger partial charge in [0.25, 0.3) is 0 Å². The van der Waals surface area contributed by atoms with Crippen molar-refractivity contribution in [1.29, 1.82) is 0 Å². The molecule has 0 radical (unpaired) electrons. The smallest absolute Gasteiger partial charge is 0.338 e. The average molecular weight is 258 g/mol. The number of carbonyl (C=O) groups excluding carboxylic acids is 2. The fourth-order valence-corrected chi connectivity index (χ4v) is 1.70. The highest BCUT2D eigenvalue weighted by molar-refractivity contribution is 6.21. The minimum absolute atomic E-state index is 0.225. The van der Waals surface area contributed by atoms with E-state index in [4.69, 9.17) is 4.74 Å². The fourth-order valence-electron chi connectivity index (χ4n) is 1.70. The molecule has 0 saturated carbocycles. The Morgan fingerprint density at radius 3 is 2.79 bits per heavy atom. The van der Waals surface area contributed by atoms with Crippen LogP contribution in [0, 0.1) is 0 Å². The zero-order chi connectivity index (χ0) is 13.7. The Kier molecular flexibility index (Phi) is 4.07. The van der Waals surface area contributed by atoms with Crippen LogP contribution in [0.2, 0.25) is 0 Å². The van der Waals surface area contributed by atoms with E-state index in [0.29, 0.717) is 5.57 Å². The number of hydrogen-bond donors (Lipinski definition) is 1. The lowest BCUT2D eigenvalue weighted by molar-refractivity contribution is -0.147. The summed E-state index contributed by atoms with van der Waals surface area (Å²) in [5.41, 5.74) is 4.03. The van der Waals surface area contributed by atoms with Gasteiger partial charge in [0.15, 0.2) is 5.78 Å². The highest BCUT2D eigenvalue weighted by Crippen LogP contribution is 2.14. The van der Waals surface area contributed by atoms with Crippen LogP contribution in [0.3, 0.4) is 0 Å². The summed E-state index contributed by atoms with van der Waals surface area (Å²) in [6, 6.07) is 8.30. The van der Waals surface area contributed by atoms with Gasteiger partial charge in [0.05, 0.1) is 12.8 Å². The van der Waals surface area contributed by atoms with Gasteiger partial charge in [-0.05, 0) is 18.6 Å². The molecular formula is C14H14N2O3. The molecule has 1 N–H and O–H groups in total. The maximum absolute atomic E-state index is 12.0. The van der Waals surface area contributed by atoms with Crippen molar-refractivity contribution >= 4 is 23.5 Å². The van der Waals surface area contributed by atoms with Crippen LogP contribution >= 0.6 is 0 Å². The molecule has 5 heteroatoms. The third-order valence-corrected chi connectivity index (χ3v) is 2.62. The lowest BCUT2D eigenvalue weighted by Gasteiger charge is -2.10. The molecule has 0 spiro atoms. The minimum Gasteiger partial charge on any atom is -0.464 e. The summed E-state index contributed by atoms with van der Waals surface area (Å²) in [5.74, 6) is -0.981. The van der Waals surface area contributed by atoms with Crippen LogP contribution in [0.15, 0.2) is 41.5 Å². The van der Waals surface area contributed by atoms with E-state index in [2.05, 4.69) is 10.5 Å². The number of rotatable bonds is 3. The van der Waals surface area contributed by atoms with Gasteiger partial charge in [0.1, 0.15) is 0 Å². The molecule has 0 aliphatic carbocycles. The second-order valence-corrected chi connectivity index (χ2v) is 3.94. The Labute approximate surface area is 111 Å². The second kappa shape index (κ2) is 5.95.